The third kappa shape index (κ3) is 4.42. The van der Waals surface area contributed by atoms with Crippen molar-refractivity contribution in [3.8, 4) is 0 Å². The van der Waals surface area contributed by atoms with Crippen molar-refractivity contribution in [1.29, 1.82) is 0 Å². The van der Waals surface area contributed by atoms with Crippen LogP contribution in [0.25, 0.3) is 0 Å². The second kappa shape index (κ2) is 5.92. The Morgan fingerprint density at radius 3 is 2.33 bits per heavy atom. The van der Waals surface area contributed by atoms with Crippen LogP contribution >= 0.6 is 12.2 Å². The predicted octanol–water partition coefficient (Wildman–Crippen LogP) is 0.674. The van der Waals surface area contributed by atoms with E-state index in [9.17, 15) is 13.2 Å². The molecule has 0 aliphatic heterocycles. The molecule has 1 aromatic rings. The standard InChI is InChI=1S/C11H13NO4S2/c1-16-11(13)9-4-2-8(3-5-9)6-18(14,15)7-10(12)17/h2-5H,6-7H2,1H3,(H2,12,17). The molecule has 0 radical (unpaired) electrons. The van der Waals surface area contributed by atoms with Gasteiger partial charge in [-0.2, -0.15) is 0 Å². The highest BCUT2D eigenvalue weighted by atomic mass is 32.2. The molecule has 1 rings (SSSR count). The second-order valence-electron chi connectivity index (χ2n) is 3.69. The number of hydrogen-bond acceptors (Lipinski definition) is 5. The molecule has 0 aromatic heterocycles. The van der Waals surface area contributed by atoms with Gasteiger partial charge in [0.2, 0.25) is 0 Å². The smallest absolute Gasteiger partial charge is 0.337 e. The van der Waals surface area contributed by atoms with E-state index in [-0.39, 0.29) is 16.5 Å². The summed E-state index contributed by atoms with van der Waals surface area (Å²) in [5.74, 6) is -0.945. The number of methoxy groups -OCH3 is 1. The first kappa shape index (κ1) is 14.6. The van der Waals surface area contributed by atoms with E-state index in [1.807, 2.05) is 0 Å². The first-order chi connectivity index (χ1) is 8.34. The van der Waals surface area contributed by atoms with Gasteiger partial charge in [-0.1, -0.05) is 24.4 Å². The summed E-state index contributed by atoms with van der Waals surface area (Å²) in [6.45, 7) is 0. The largest absolute Gasteiger partial charge is 0.465 e. The van der Waals surface area contributed by atoms with Crippen LogP contribution in [0.5, 0.6) is 0 Å². The molecule has 98 valence electrons. The summed E-state index contributed by atoms with van der Waals surface area (Å²) in [4.78, 5) is 11.1. The van der Waals surface area contributed by atoms with E-state index >= 15 is 0 Å². The molecule has 0 saturated carbocycles. The van der Waals surface area contributed by atoms with E-state index in [1.165, 1.54) is 19.2 Å². The minimum Gasteiger partial charge on any atom is -0.465 e. The van der Waals surface area contributed by atoms with Crippen LogP contribution in [0.3, 0.4) is 0 Å². The molecule has 5 nitrogen and oxygen atoms in total. The van der Waals surface area contributed by atoms with Gasteiger partial charge >= 0.3 is 5.97 Å². The van der Waals surface area contributed by atoms with Crippen LogP contribution in [0, 0.1) is 0 Å². The zero-order valence-corrected chi connectivity index (χ0v) is 11.4. The zero-order valence-electron chi connectivity index (χ0n) is 9.75. The third-order valence-corrected chi connectivity index (χ3v) is 3.97. The number of nitrogens with two attached hydrogens (primary N) is 1. The van der Waals surface area contributed by atoms with Crippen molar-refractivity contribution in [1.82, 2.24) is 0 Å². The molecular formula is C11H13NO4S2. The number of sulfone groups is 1. The van der Waals surface area contributed by atoms with Gasteiger partial charge in [0, 0.05) is 0 Å². The highest BCUT2D eigenvalue weighted by Crippen LogP contribution is 2.10. The molecule has 0 aliphatic carbocycles. The monoisotopic (exact) mass is 287 g/mol. The summed E-state index contributed by atoms with van der Waals surface area (Å²) in [6.07, 6.45) is 0. The quantitative estimate of drug-likeness (QED) is 0.633. The Labute approximate surface area is 111 Å². The number of thiocarbonyl (C=S) groups is 1. The Morgan fingerprint density at radius 2 is 1.89 bits per heavy atom. The van der Waals surface area contributed by atoms with Crippen LogP contribution < -0.4 is 5.73 Å². The van der Waals surface area contributed by atoms with Gasteiger partial charge in [0.05, 0.1) is 23.4 Å². The average molecular weight is 287 g/mol. The summed E-state index contributed by atoms with van der Waals surface area (Å²) >= 11 is 4.57. The minimum atomic E-state index is -3.35. The molecule has 0 spiro atoms. The van der Waals surface area contributed by atoms with E-state index < -0.39 is 15.8 Å². The number of carbonyl (C=O) groups excluding carboxylic acids is 1. The molecular weight excluding hydrogens is 274 g/mol. The summed E-state index contributed by atoms with van der Waals surface area (Å²) in [5, 5.41) is 0. The Bertz CT molecular complexity index is 549. The van der Waals surface area contributed by atoms with Crippen molar-refractivity contribution >= 4 is 33.0 Å². The lowest BCUT2D eigenvalue weighted by molar-refractivity contribution is 0.0600. The van der Waals surface area contributed by atoms with E-state index in [0.29, 0.717) is 11.1 Å². The maximum absolute atomic E-state index is 11.6. The van der Waals surface area contributed by atoms with Crippen molar-refractivity contribution < 1.29 is 17.9 Å². The van der Waals surface area contributed by atoms with Crippen LogP contribution in [0.15, 0.2) is 24.3 Å². The summed E-state index contributed by atoms with van der Waals surface area (Å²) in [6, 6.07) is 6.14. The van der Waals surface area contributed by atoms with Crippen LogP contribution in [-0.2, 0) is 20.3 Å². The van der Waals surface area contributed by atoms with Gasteiger partial charge in [-0.05, 0) is 17.7 Å². The minimum absolute atomic E-state index is 0.0545. The number of rotatable bonds is 5. The van der Waals surface area contributed by atoms with E-state index in [0.717, 1.165) is 0 Å². The number of carbonyl (C=O) groups is 1. The van der Waals surface area contributed by atoms with E-state index in [4.69, 9.17) is 5.73 Å². The number of hydrogen-bond donors (Lipinski definition) is 1. The lowest BCUT2D eigenvalue weighted by Crippen LogP contribution is -2.22. The van der Waals surface area contributed by atoms with E-state index in [1.54, 1.807) is 12.1 Å². The normalized spacial score (nSPS) is 10.9. The number of esters is 1. The van der Waals surface area contributed by atoms with Crippen molar-refractivity contribution in [3.63, 3.8) is 0 Å². The molecule has 0 heterocycles. The molecule has 2 N–H and O–H groups in total. The summed E-state index contributed by atoms with van der Waals surface area (Å²) in [7, 11) is -2.07. The molecule has 0 atom stereocenters. The van der Waals surface area contributed by atoms with Gasteiger partial charge in [0.25, 0.3) is 0 Å². The summed E-state index contributed by atoms with van der Waals surface area (Å²) in [5.41, 5.74) is 6.14. The maximum Gasteiger partial charge on any atom is 0.337 e. The molecule has 0 unspecified atom stereocenters. The van der Waals surface area contributed by atoms with Gasteiger partial charge in [-0.15, -0.1) is 0 Å². The van der Waals surface area contributed by atoms with Crippen molar-refractivity contribution in [2.75, 3.05) is 12.9 Å². The fraction of sp³-hybridized carbons (Fsp3) is 0.273. The topological polar surface area (TPSA) is 86.5 Å². The summed E-state index contributed by atoms with van der Waals surface area (Å²) < 4.78 is 27.8. The Morgan fingerprint density at radius 1 is 1.33 bits per heavy atom. The lowest BCUT2D eigenvalue weighted by Gasteiger charge is -2.04. The second-order valence-corrected chi connectivity index (χ2v) is 6.28. The predicted molar refractivity (Wildman–Crippen MR) is 72.1 cm³/mol. The molecule has 7 heteroatoms. The van der Waals surface area contributed by atoms with Crippen molar-refractivity contribution in [2.45, 2.75) is 5.75 Å². The zero-order chi connectivity index (χ0) is 13.8. The molecule has 18 heavy (non-hydrogen) atoms. The Kier molecular flexibility index (Phi) is 4.80. The highest BCUT2D eigenvalue weighted by molar-refractivity contribution is 7.93. The van der Waals surface area contributed by atoms with Crippen LogP contribution in [0.4, 0.5) is 0 Å². The van der Waals surface area contributed by atoms with Gasteiger partial charge in [-0.3, -0.25) is 0 Å². The van der Waals surface area contributed by atoms with Gasteiger partial charge in [-0.25, -0.2) is 13.2 Å². The molecule has 1 aromatic carbocycles. The Balaban J connectivity index is 2.81. The molecule has 0 aliphatic rings. The first-order valence-corrected chi connectivity index (χ1v) is 7.23. The maximum atomic E-state index is 11.6. The third-order valence-electron chi connectivity index (χ3n) is 2.12. The average Bonchev–Trinajstić information content (AvgIpc) is 2.26. The highest BCUT2D eigenvalue weighted by Gasteiger charge is 2.14. The van der Waals surface area contributed by atoms with E-state index in [2.05, 4.69) is 17.0 Å². The lowest BCUT2D eigenvalue weighted by atomic mass is 10.1. The van der Waals surface area contributed by atoms with Crippen molar-refractivity contribution in [3.05, 3.63) is 35.4 Å². The van der Waals surface area contributed by atoms with Gasteiger partial charge in [0.15, 0.2) is 9.84 Å². The SMILES string of the molecule is COC(=O)c1ccc(CS(=O)(=O)CC(N)=S)cc1. The van der Waals surface area contributed by atoms with Crippen LogP contribution in [-0.4, -0.2) is 32.2 Å². The first-order valence-electron chi connectivity index (χ1n) is 5.00. The molecule has 0 saturated heterocycles. The van der Waals surface area contributed by atoms with Gasteiger partial charge < -0.3 is 10.5 Å². The fourth-order valence-electron chi connectivity index (χ4n) is 1.38. The van der Waals surface area contributed by atoms with Crippen LogP contribution in [0.2, 0.25) is 0 Å². The Hall–Kier alpha value is -1.47. The molecule has 0 fully saturated rings. The number of benzene rings is 1. The number of ether oxygens (including phenoxy) is 1. The fourth-order valence-corrected chi connectivity index (χ4v) is 3.15. The van der Waals surface area contributed by atoms with Gasteiger partial charge in [0.1, 0.15) is 5.75 Å². The molecule has 0 bridgehead atoms. The van der Waals surface area contributed by atoms with Crippen molar-refractivity contribution in [2.24, 2.45) is 5.73 Å². The van der Waals surface area contributed by atoms with Crippen LogP contribution in [0.1, 0.15) is 15.9 Å². The molecule has 0 amide bonds.